The summed E-state index contributed by atoms with van der Waals surface area (Å²) >= 11 is 12.0. The minimum atomic E-state index is -3.80. The highest BCUT2D eigenvalue weighted by Crippen LogP contribution is 2.25. The molecule has 8 nitrogen and oxygen atoms in total. The van der Waals surface area contributed by atoms with Crippen molar-refractivity contribution in [2.45, 2.75) is 24.0 Å². The summed E-state index contributed by atoms with van der Waals surface area (Å²) in [6, 6.07) is 13.1. The quantitative estimate of drug-likeness (QED) is 0.472. The van der Waals surface area contributed by atoms with E-state index in [0.29, 0.717) is 15.8 Å². The number of carbonyl (C=O) groups excluding carboxylic acids is 1. The monoisotopic (exact) mass is 496 g/mol. The summed E-state index contributed by atoms with van der Waals surface area (Å²) in [6.07, 6.45) is 1.76. The molecule has 2 atom stereocenters. The van der Waals surface area contributed by atoms with Crippen molar-refractivity contribution < 1.29 is 17.9 Å². The van der Waals surface area contributed by atoms with Gasteiger partial charge in [0.2, 0.25) is 10.0 Å². The zero-order valence-corrected chi connectivity index (χ0v) is 19.7. The highest BCUT2D eigenvalue weighted by atomic mass is 35.5. The zero-order valence-electron chi connectivity index (χ0n) is 17.3. The standard InChI is InChI=1S/C21H22Cl2N4O4S/c1-14(31-18-9-16(22)8-17(23)10-18)21(28)26-20(15-6-4-3-5-7-15)12-25-32(29,30)19-11-24-27(2)13-19/h3-11,13-14,20,25H,12H2,1-2H3,(H,26,28). The minimum absolute atomic E-state index is 0.0349. The molecule has 1 amide bonds. The Labute approximate surface area is 196 Å². The molecule has 0 aliphatic carbocycles. The molecule has 0 aliphatic rings. The normalized spacial score (nSPS) is 13.4. The maximum Gasteiger partial charge on any atom is 0.261 e. The lowest BCUT2D eigenvalue weighted by Gasteiger charge is -2.22. The molecule has 0 radical (unpaired) electrons. The fourth-order valence-electron chi connectivity index (χ4n) is 2.89. The van der Waals surface area contributed by atoms with Crippen LogP contribution < -0.4 is 14.8 Å². The van der Waals surface area contributed by atoms with E-state index in [-0.39, 0.29) is 11.4 Å². The van der Waals surface area contributed by atoms with Crippen LogP contribution in [0.2, 0.25) is 10.0 Å². The van der Waals surface area contributed by atoms with Crippen molar-refractivity contribution in [2.75, 3.05) is 6.54 Å². The number of halogens is 2. The average molecular weight is 497 g/mol. The van der Waals surface area contributed by atoms with Crippen molar-refractivity contribution in [1.29, 1.82) is 0 Å². The van der Waals surface area contributed by atoms with Crippen molar-refractivity contribution in [3.8, 4) is 5.75 Å². The summed E-state index contributed by atoms with van der Waals surface area (Å²) in [5, 5.41) is 7.48. The number of benzene rings is 2. The Hall–Kier alpha value is -2.59. The van der Waals surface area contributed by atoms with Crippen molar-refractivity contribution in [3.63, 3.8) is 0 Å². The summed E-state index contributed by atoms with van der Waals surface area (Å²) in [4.78, 5) is 12.8. The SMILES string of the molecule is CC(Oc1cc(Cl)cc(Cl)c1)C(=O)NC(CNS(=O)(=O)c1cnn(C)c1)c1ccccc1. The van der Waals surface area contributed by atoms with Crippen LogP contribution in [-0.4, -0.2) is 36.8 Å². The van der Waals surface area contributed by atoms with Gasteiger partial charge in [-0.3, -0.25) is 9.48 Å². The van der Waals surface area contributed by atoms with Gasteiger partial charge in [-0.15, -0.1) is 0 Å². The molecule has 0 bridgehead atoms. The lowest BCUT2D eigenvalue weighted by molar-refractivity contribution is -0.128. The molecule has 170 valence electrons. The number of aryl methyl sites for hydroxylation is 1. The molecule has 0 aliphatic heterocycles. The average Bonchev–Trinajstić information content (AvgIpc) is 3.18. The molecule has 1 aromatic heterocycles. The van der Waals surface area contributed by atoms with Crippen LogP contribution in [0, 0.1) is 0 Å². The number of amides is 1. The van der Waals surface area contributed by atoms with Crippen LogP contribution in [0.5, 0.6) is 5.75 Å². The lowest BCUT2D eigenvalue weighted by atomic mass is 10.1. The number of hydrogen-bond acceptors (Lipinski definition) is 5. The molecule has 0 fully saturated rings. The van der Waals surface area contributed by atoms with Crippen LogP contribution in [0.4, 0.5) is 0 Å². The Kier molecular flexibility index (Phi) is 7.78. The molecule has 32 heavy (non-hydrogen) atoms. The number of aromatic nitrogens is 2. The van der Waals surface area contributed by atoms with Gasteiger partial charge < -0.3 is 10.1 Å². The van der Waals surface area contributed by atoms with Crippen LogP contribution in [-0.2, 0) is 21.9 Å². The van der Waals surface area contributed by atoms with Gasteiger partial charge in [-0.05, 0) is 30.7 Å². The number of rotatable bonds is 9. The van der Waals surface area contributed by atoms with E-state index >= 15 is 0 Å². The Morgan fingerprint density at radius 2 is 1.81 bits per heavy atom. The number of nitrogens with zero attached hydrogens (tertiary/aromatic N) is 2. The van der Waals surface area contributed by atoms with Gasteiger partial charge in [0.05, 0.1) is 12.2 Å². The van der Waals surface area contributed by atoms with E-state index in [1.54, 1.807) is 56.4 Å². The summed E-state index contributed by atoms with van der Waals surface area (Å²) in [6.45, 7) is 1.51. The topological polar surface area (TPSA) is 102 Å². The van der Waals surface area contributed by atoms with E-state index in [1.807, 2.05) is 6.07 Å². The summed E-state index contributed by atoms with van der Waals surface area (Å²) in [5.74, 6) is -0.0887. The van der Waals surface area contributed by atoms with Gasteiger partial charge in [-0.2, -0.15) is 5.10 Å². The van der Waals surface area contributed by atoms with Crippen LogP contribution in [0.3, 0.4) is 0 Å². The number of hydrogen-bond donors (Lipinski definition) is 2. The van der Waals surface area contributed by atoms with Crippen LogP contribution in [0.1, 0.15) is 18.5 Å². The second-order valence-electron chi connectivity index (χ2n) is 7.04. The van der Waals surface area contributed by atoms with Gasteiger partial charge in [0, 0.05) is 29.8 Å². The zero-order chi connectivity index (χ0) is 23.3. The minimum Gasteiger partial charge on any atom is -0.481 e. The Bertz CT molecular complexity index is 1170. The Balaban J connectivity index is 1.72. The molecule has 11 heteroatoms. The first-order chi connectivity index (χ1) is 15.1. The second kappa shape index (κ2) is 10.4. The number of nitrogens with one attached hydrogen (secondary N) is 2. The Morgan fingerprint density at radius 1 is 1.16 bits per heavy atom. The molecular formula is C21H22Cl2N4O4S. The molecule has 3 rings (SSSR count). The summed E-state index contributed by atoms with van der Waals surface area (Å²) in [5.41, 5.74) is 0.729. The van der Waals surface area contributed by atoms with Crippen molar-refractivity contribution in [3.05, 3.63) is 76.5 Å². The predicted molar refractivity (Wildman–Crippen MR) is 122 cm³/mol. The molecule has 2 unspecified atom stereocenters. The molecule has 2 aromatic carbocycles. The van der Waals surface area contributed by atoms with Gasteiger partial charge in [0.1, 0.15) is 10.6 Å². The number of carbonyl (C=O) groups is 1. The smallest absolute Gasteiger partial charge is 0.261 e. The lowest BCUT2D eigenvalue weighted by Crippen LogP contribution is -2.43. The first-order valence-electron chi connectivity index (χ1n) is 9.60. The largest absolute Gasteiger partial charge is 0.481 e. The van der Waals surface area contributed by atoms with Crippen molar-refractivity contribution in [1.82, 2.24) is 19.8 Å². The molecule has 3 aromatic rings. The van der Waals surface area contributed by atoms with E-state index in [1.165, 1.54) is 17.1 Å². The molecule has 2 N–H and O–H groups in total. The third kappa shape index (κ3) is 6.46. The van der Waals surface area contributed by atoms with Gasteiger partial charge in [-0.1, -0.05) is 53.5 Å². The summed E-state index contributed by atoms with van der Waals surface area (Å²) in [7, 11) is -2.18. The molecular weight excluding hydrogens is 475 g/mol. The van der Waals surface area contributed by atoms with E-state index in [4.69, 9.17) is 27.9 Å². The second-order valence-corrected chi connectivity index (χ2v) is 9.68. The Morgan fingerprint density at radius 3 is 2.41 bits per heavy atom. The van der Waals surface area contributed by atoms with Crippen LogP contribution in [0.25, 0.3) is 0 Å². The molecule has 0 saturated heterocycles. The third-order valence-corrected chi connectivity index (χ3v) is 6.32. The van der Waals surface area contributed by atoms with E-state index in [2.05, 4.69) is 15.1 Å². The van der Waals surface area contributed by atoms with Crippen LogP contribution >= 0.6 is 23.2 Å². The summed E-state index contributed by atoms with van der Waals surface area (Å²) < 4.78 is 34.7. The first kappa shape index (κ1) is 24.1. The van der Waals surface area contributed by atoms with Gasteiger partial charge >= 0.3 is 0 Å². The number of ether oxygens (including phenoxy) is 1. The highest BCUT2D eigenvalue weighted by molar-refractivity contribution is 7.89. The maximum atomic E-state index is 12.8. The first-order valence-corrected chi connectivity index (χ1v) is 11.8. The number of sulfonamides is 1. The van der Waals surface area contributed by atoms with Gasteiger partial charge in [0.25, 0.3) is 5.91 Å². The van der Waals surface area contributed by atoms with E-state index in [0.717, 1.165) is 5.56 Å². The fraction of sp³-hybridized carbons (Fsp3) is 0.238. The highest BCUT2D eigenvalue weighted by Gasteiger charge is 2.23. The van der Waals surface area contributed by atoms with E-state index < -0.39 is 28.1 Å². The molecule has 0 saturated carbocycles. The molecule has 1 heterocycles. The van der Waals surface area contributed by atoms with Crippen molar-refractivity contribution >= 4 is 39.1 Å². The van der Waals surface area contributed by atoms with Gasteiger partial charge in [-0.25, -0.2) is 13.1 Å². The van der Waals surface area contributed by atoms with Crippen molar-refractivity contribution in [2.24, 2.45) is 7.05 Å². The molecule has 0 spiro atoms. The van der Waals surface area contributed by atoms with Crippen LogP contribution in [0.15, 0.2) is 65.8 Å². The van der Waals surface area contributed by atoms with E-state index in [9.17, 15) is 13.2 Å². The van der Waals surface area contributed by atoms with Gasteiger partial charge in [0.15, 0.2) is 6.10 Å². The maximum absolute atomic E-state index is 12.8. The fourth-order valence-corrected chi connectivity index (χ4v) is 4.43. The third-order valence-electron chi connectivity index (χ3n) is 4.51. The predicted octanol–water partition coefficient (Wildman–Crippen LogP) is 3.33.